The van der Waals surface area contributed by atoms with E-state index in [0.717, 1.165) is 5.92 Å². The van der Waals surface area contributed by atoms with Gasteiger partial charge in [0.15, 0.2) is 0 Å². The van der Waals surface area contributed by atoms with E-state index in [-0.39, 0.29) is 0 Å². The van der Waals surface area contributed by atoms with Crippen molar-refractivity contribution < 1.29 is 0 Å². The van der Waals surface area contributed by atoms with Crippen LogP contribution in [0.2, 0.25) is 0 Å². The zero-order valence-electron chi connectivity index (χ0n) is 14.3. The van der Waals surface area contributed by atoms with Gasteiger partial charge >= 0.3 is 0 Å². The maximum Gasteiger partial charge on any atom is 0.0329 e. The molecule has 20 heavy (non-hydrogen) atoms. The first kappa shape index (κ1) is 16.3. The first-order valence-corrected chi connectivity index (χ1v) is 9.06. The molecule has 2 fully saturated rings. The average molecular weight is 280 g/mol. The molecular formula is C18H36N2. The second kappa shape index (κ2) is 6.79. The van der Waals surface area contributed by atoms with Gasteiger partial charge in [-0.3, -0.25) is 4.90 Å². The third-order valence-corrected chi connectivity index (χ3v) is 6.06. The van der Waals surface area contributed by atoms with Crippen LogP contribution in [0.15, 0.2) is 0 Å². The monoisotopic (exact) mass is 280 g/mol. The highest BCUT2D eigenvalue weighted by atomic mass is 15.3. The normalized spacial score (nSPS) is 26.2. The Morgan fingerprint density at radius 2 is 1.70 bits per heavy atom. The van der Waals surface area contributed by atoms with Crippen LogP contribution in [0.3, 0.4) is 0 Å². The van der Waals surface area contributed by atoms with E-state index in [1.807, 2.05) is 0 Å². The van der Waals surface area contributed by atoms with E-state index in [1.54, 1.807) is 0 Å². The van der Waals surface area contributed by atoms with Gasteiger partial charge in [-0.15, -0.1) is 0 Å². The minimum atomic E-state index is 0.414. The van der Waals surface area contributed by atoms with Gasteiger partial charge in [0.2, 0.25) is 0 Å². The SMILES string of the molecule is CCC1(CC)CNC2(CCCCC2)CN1CCC(C)C. The second-order valence-electron chi connectivity index (χ2n) is 7.73. The Hall–Kier alpha value is -0.0800. The molecule has 0 amide bonds. The van der Waals surface area contributed by atoms with Crippen LogP contribution in [-0.4, -0.2) is 35.6 Å². The van der Waals surface area contributed by atoms with E-state index in [1.165, 1.54) is 71.0 Å². The second-order valence-corrected chi connectivity index (χ2v) is 7.73. The molecule has 2 nitrogen and oxygen atoms in total. The molecule has 1 N–H and O–H groups in total. The van der Waals surface area contributed by atoms with E-state index in [2.05, 4.69) is 37.9 Å². The smallest absolute Gasteiger partial charge is 0.0329 e. The van der Waals surface area contributed by atoms with Gasteiger partial charge in [0, 0.05) is 24.2 Å². The number of hydrogen-bond donors (Lipinski definition) is 1. The number of hydrogen-bond acceptors (Lipinski definition) is 2. The van der Waals surface area contributed by atoms with Crippen molar-refractivity contribution in [3.8, 4) is 0 Å². The van der Waals surface area contributed by atoms with Crippen molar-refractivity contribution >= 4 is 0 Å². The van der Waals surface area contributed by atoms with Crippen molar-refractivity contribution in [1.29, 1.82) is 0 Å². The van der Waals surface area contributed by atoms with Gasteiger partial charge in [0.05, 0.1) is 0 Å². The first-order chi connectivity index (χ1) is 9.56. The molecule has 2 heteroatoms. The van der Waals surface area contributed by atoms with Gasteiger partial charge in [-0.25, -0.2) is 0 Å². The summed E-state index contributed by atoms with van der Waals surface area (Å²) in [5, 5.41) is 4.00. The zero-order valence-corrected chi connectivity index (χ0v) is 14.3. The van der Waals surface area contributed by atoms with Crippen LogP contribution in [0, 0.1) is 5.92 Å². The van der Waals surface area contributed by atoms with Crippen molar-refractivity contribution in [2.24, 2.45) is 5.92 Å². The lowest BCUT2D eigenvalue weighted by Crippen LogP contribution is -2.70. The van der Waals surface area contributed by atoms with Crippen molar-refractivity contribution in [1.82, 2.24) is 10.2 Å². The lowest BCUT2D eigenvalue weighted by atomic mass is 9.75. The van der Waals surface area contributed by atoms with Gasteiger partial charge in [0.25, 0.3) is 0 Å². The Balaban J connectivity index is 2.09. The summed E-state index contributed by atoms with van der Waals surface area (Å²) in [7, 11) is 0. The number of nitrogens with one attached hydrogen (secondary N) is 1. The van der Waals surface area contributed by atoms with Crippen LogP contribution >= 0.6 is 0 Å². The lowest BCUT2D eigenvalue weighted by Gasteiger charge is -2.56. The number of piperazine rings is 1. The van der Waals surface area contributed by atoms with Crippen LogP contribution in [0.5, 0.6) is 0 Å². The number of rotatable bonds is 5. The van der Waals surface area contributed by atoms with Crippen molar-refractivity contribution in [3.05, 3.63) is 0 Å². The zero-order chi connectivity index (χ0) is 14.6. The molecule has 118 valence electrons. The fourth-order valence-corrected chi connectivity index (χ4v) is 4.29. The molecular weight excluding hydrogens is 244 g/mol. The largest absolute Gasteiger partial charge is 0.308 e. The fraction of sp³-hybridized carbons (Fsp3) is 1.00. The maximum atomic E-state index is 4.00. The molecule has 0 aromatic rings. The van der Waals surface area contributed by atoms with Gasteiger partial charge in [-0.1, -0.05) is 47.0 Å². The van der Waals surface area contributed by atoms with E-state index >= 15 is 0 Å². The molecule has 1 spiro atoms. The Morgan fingerprint density at radius 3 is 2.25 bits per heavy atom. The van der Waals surface area contributed by atoms with Crippen molar-refractivity contribution in [2.75, 3.05) is 19.6 Å². The van der Waals surface area contributed by atoms with E-state index in [9.17, 15) is 0 Å². The highest BCUT2D eigenvalue weighted by Crippen LogP contribution is 2.37. The molecule has 2 aliphatic rings. The standard InChI is InChI=1S/C18H36N2/c1-5-18(6-2)14-19-17(11-8-7-9-12-17)15-20(18)13-10-16(3)4/h16,19H,5-15H2,1-4H3. The predicted molar refractivity (Wildman–Crippen MR) is 88.2 cm³/mol. The molecule has 0 unspecified atom stereocenters. The maximum absolute atomic E-state index is 4.00. The lowest BCUT2D eigenvalue weighted by molar-refractivity contribution is -0.0165. The minimum Gasteiger partial charge on any atom is -0.308 e. The average Bonchev–Trinajstić information content (AvgIpc) is 2.47. The van der Waals surface area contributed by atoms with Crippen molar-refractivity contribution in [3.63, 3.8) is 0 Å². The highest BCUT2D eigenvalue weighted by Gasteiger charge is 2.45. The third-order valence-electron chi connectivity index (χ3n) is 6.06. The third kappa shape index (κ3) is 3.39. The van der Waals surface area contributed by atoms with Crippen LogP contribution in [0.4, 0.5) is 0 Å². The summed E-state index contributed by atoms with van der Waals surface area (Å²) >= 11 is 0. The first-order valence-electron chi connectivity index (χ1n) is 9.06. The van der Waals surface area contributed by atoms with E-state index in [0.29, 0.717) is 11.1 Å². The Kier molecular flexibility index (Phi) is 5.53. The van der Waals surface area contributed by atoms with Crippen LogP contribution in [0.25, 0.3) is 0 Å². The quantitative estimate of drug-likeness (QED) is 0.812. The highest BCUT2D eigenvalue weighted by molar-refractivity contribution is 5.05. The molecule has 0 radical (unpaired) electrons. The molecule has 1 saturated carbocycles. The predicted octanol–water partition coefficient (Wildman–Crippen LogP) is 4.20. The summed E-state index contributed by atoms with van der Waals surface area (Å²) in [6.45, 7) is 13.3. The molecule has 0 aromatic heterocycles. The van der Waals surface area contributed by atoms with Gasteiger partial charge in [-0.05, 0) is 44.6 Å². The fourth-order valence-electron chi connectivity index (χ4n) is 4.29. The summed E-state index contributed by atoms with van der Waals surface area (Å²) in [4.78, 5) is 2.87. The Morgan fingerprint density at radius 1 is 1.05 bits per heavy atom. The summed E-state index contributed by atoms with van der Waals surface area (Å²) < 4.78 is 0. The summed E-state index contributed by atoms with van der Waals surface area (Å²) in [6.07, 6.45) is 11.0. The van der Waals surface area contributed by atoms with Crippen molar-refractivity contribution in [2.45, 2.75) is 90.1 Å². The molecule has 0 aromatic carbocycles. The molecule has 1 heterocycles. The van der Waals surface area contributed by atoms with E-state index < -0.39 is 0 Å². The van der Waals surface area contributed by atoms with Gasteiger partial charge in [-0.2, -0.15) is 0 Å². The van der Waals surface area contributed by atoms with Crippen LogP contribution < -0.4 is 5.32 Å². The number of nitrogens with zero attached hydrogens (tertiary/aromatic N) is 1. The summed E-state index contributed by atoms with van der Waals surface area (Å²) in [5.41, 5.74) is 0.862. The Bertz CT molecular complexity index is 288. The molecule has 1 aliphatic carbocycles. The topological polar surface area (TPSA) is 15.3 Å². The summed E-state index contributed by atoms with van der Waals surface area (Å²) in [6, 6.07) is 0. The molecule has 1 aliphatic heterocycles. The van der Waals surface area contributed by atoms with E-state index in [4.69, 9.17) is 0 Å². The van der Waals surface area contributed by atoms with Gasteiger partial charge in [0.1, 0.15) is 0 Å². The van der Waals surface area contributed by atoms with Crippen LogP contribution in [0.1, 0.15) is 79.1 Å². The molecule has 0 bridgehead atoms. The van der Waals surface area contributed by atoms with Crippen LogP contribution in [-0.2, 0) is 0 Å². The molecule has 2 rings (SSSR count). The minimum absolute atomic E-state index is 0.414. The molecule has 0 atom stereocenters. The molecule has 1 saturated heterocycles. The van der Waals surface area contributed by atoms with Gasteiger partial charge < -0.3 is 5.32 Å². The summed E-state index contributed by atoms with van der Waals surface area (Å²) in [5.74, 6) is 0.818. The Labute approximate surface area is 126 Å².